The third-order valence-corrected chi connectivity index (χ3v) is 8.22. The molecule has 0 spiro atoms. The number of hydrogen-bond acceptors (Lipinski definition) is 4. The molecular formula is C28H61N2O4P. The SMILES string of the molecule is CCCCOP(=O)([O-])[O-].CCCC[N+]1(CCCC)CCCC1.CCCC[N+]1(CCCC)CCCC1. The summed E-state index contributed by atoms with van der Waals surface area (Å²) in [5.74, 6) is 0. The number of phosphoric acid groups is 1. The summed E-state index contributed by atoms with van der Waals surface area (Å²) in [6.45, 7) is 22.8. The highest BCUT2D eigenvalue weighted by atomic mass is 31.2. The molecule has 0 N–H and O–H groups in total. The number of hydrogen-bond donors (Lipinski definition) is 0. The molecule has 2 heterocycles. The minimum atomic E-state index is -4.70. The van der Waals surface area contributed by atoms with Crippen LogP contribution in [0.1, 0.15) is 125 Å². The number of phosphoric ester groups is 1. The Balaban J connectivity index is 0.000000506. The second-order valence-corrected chi connectivity index (χ2v) is 12.1. The van der Waals surface area contributed by atoms with Crippen molar-refractivity contribution in [2.75, 3.05) is 59.0 Å². The molecule has 2 fully saturated rings. The number of nitrogens with zero attached hydrogens (tertiary/aromatic N) is 2. The van der Waals surface area contributed by atoms with Gasteiger partial charge >= 0.3 is 0 Å². The molecule has 2 rings (SSSR count). The second-order valence-electron chi connectivity index (χ2n) is 10.9. The molecule has 0 aromatic rings. The van der Waals surface area contributed by atoms with Crippen molar-refractivity contribution in [1.29, 1.82) is 0 Å². The van der Waals surface area contributed by atoms with Crippen molar-refractivity contribution >= 4 is 7.82 Å². The van der Waals surface area contributed by atoms with Crippen molar-refractivity contribution in [3.63, 3.8) is 0 Å². The first kappa shape index (κ1) is 35.0. The molecule has 0 radical (unpaired) electrons. The van der Waals surface area contributed by atoms with Gasteiger partial charge in [0.25, 0.3) is 0 Å². The third-order valence-electron chi connectivity index (χ3n) is 7.72. The van der Waals surface area contributed by atoms with Crippen LogP contribution in [-0.4, -0.2) is 67.9 Å². The van der Waals surface area contributed by atoms with Crippen LogP contribution in [0.3, 0.4) is 0 Å². The summed E-state index contributed by atoms with van der Waals surface area (Å²) in [4.78, 5) is 19.5. The monoisotopic (exact) mass is 520 g/mol. The van der Waals surface area contributed by atoms with Crippen LogP contribution in [0.25, 0.3) is 0 Å². The Morgan fingerprint density at radius 1 is 0.571 bits per heavy atom. The maximum atomic E-state index is 9.76. The van der Waals surface area contributed by atoms with Gasteiger partial charge in [0.15, 0.2) is 0 Å². The van der Waals surface area contributed by atoms with Gasteiger partial charge in [-0.15, -0.1) is 0 Å². The minimum absolute atomic E-state index is 0.0147. The zero-order valence-corrected chi connectivity index (χ0v) is 25.1. The standard InChI is InChI=1S/2C12H26N.C4H11O4P/c2*1-3-5-9-13(10-6-4-2)11-7-8-12-13;1-2-3-4-8-9(5,6)7/h2*3-12H2,1-2H3;2-4H2,1H3,(H2,5,6,7)/q2*+1;/p-2. The van der Waals surface area contributed by atoms with E-state index < -0.39 is 7.82 Å². The lowest BCUT2D eigenvalue weighted by Gasteiger charge is -2.34. The van der Waals surface area contributed by atoms with E-state index in [9.17, 15) is 14.4 Å². The van der Waals surface area contributed by atoms with Gasteiger partial charge in [-0.1, -0.05) is 66.7 Å². The average molecular weight is 521 g/mol. The van der Waals surface area contributed by atoms with Crippen LogP contribution >= 0.6 is 7.82 Å². The molecule has 35 heavy (non-hydrogen) atoms. The molecule has 0 unspecified atom stereocenters. The zero-order chi connectivity index (χ0) is 26.5. The maximum Gasteiger partial charge on any atom is 0.0788 e. The molecule has 2 aliphatic rings. The molecule has 212 valence electrons. The zero-order valence-electron chi connectivity index (χ0n) is 24.2. The topological polar surface area (TPSA) is 72.4 Å². The van der Waals surface area contributed by atoms with Gasteiger partial charge < -0.3 is 27.8 Å². The van der Waals surface area contributed by atoms with Crippen molar-refractivity contribution in [1.82, 2.24) is 0 Å². The van der Waals surface area contributed by atoms with Gasteiger partial charge in [-0.25, -0.2) is 0 Å². The summed E-state index contributed by atoms with van der Waals surface area (Å²) in [6.07, 6.45) is 18.5. The molecule has 0 saturated carbocycles. The van der Waals surface area contributed by atoms with E-state index in [0.29, 0.717) is 6.42 Å². The van der Waals surface area contributed by atoms with Crippen LogP contribution in [0.2, 0.25) is 0 Å². The van der Waals surface area contributed by atoms with Crippen LogP contribution in [0.5, 0.6) is 0 Å². The number of unbranched alkanes of at least 4 members (excludes halogenated alkanes) is 5. The van der Waals surface area contributed by atoms with Gasteiger partial charge in [-0.3, -0.25) is 0 Å². The Morgan fingerprint density at radius 2 is 0.857 bits per heavy atom. The van der Waals surface area contributed by atoms with Crippen molar-refractivity contribution in [2.45, 2.75) is 125 Å². The summed E-state index contributed by atoms with van der Waals surface area (Å²) in [5.41, 5.74) is 0. The Kier molecular flexibility index (Phi) is 21.0. The largest absolute Gasteiger partial charge is 0.790 e. The van der Waals surface area contributed by atoms with Crippen molar-refractivity contribution in [2.24, 2.45) is 0 Å². The lowest BCUT2D eigenvalue weighted by molar-refractivity contribution is -0.917. The van der Waals surface area contributed by atoms with Crippen molar-refractivity contribution in [3.8, 4) is 0 Å². The number of rotatable bonds is 16. The summed E-state index contributed by atoms with van der Waals surface area (Å²) >= 11 is 0. The smallest absolute Gasteiger partial charge is 0.0788 e. The molecule has 0 aromatic heterocycles. The van der Waals surface area contributed by atoms with E-state index in [1.165, 1.54) is 138 Å². The highest BCUT2D eigenvalue weighted by Crippen LogP contribution is 2.24. The lowest BCUT2D eigenvalue weighted by atomic mass is 10.2. The molecule has 0 aromatic carbocycles. The Bertz CT molecular complexity index is 463. The van der Waals surface area contributed by atoms with E-state index in [0.717, 1.165) is 6.42 Å². The van der Waals surface area contributed by atoms with Gasteiger partial charge in [0.2, 0.25) is 0 Å². The predicted octanol–water partition coefficient (Wildman–Crippen LogP) is 6.03. The molecule has 0 atom stereocenters. The van der Waals surface area contributed by atoms with Crippen LogP contribution in [0, 0.1) is 0 Å². The highest BCUT2D eigenvalue weighted by molar-refractivity contribution is 7.43. The molecule has 7 heteroatoms. The van der Waals surface area contributed by atoms with Gasteiger partial charge in [0.1, 0.15) is 0 Å². The highest BCUT2D eigenvalue weighted by Gasteiger charge is 2.30. The fourth-order valence-electron chi connectivity index (χ4n) is 5.43. The minimum Gasteiger partial charge on any atom is -0.790 e. The van der Waals surface area contributed by atoms with E-state index >= 15 is 0 Å². The van der Waals surface area contributed by atoms with Crippen LogP contribution < -0.4 is 9.79 Å². The van der Waals surface area contributed by atoms with E-state index in [1.807, 2.05) is 6.92 Å². The summed E-state index contributed by atoms with van der Waals surface area (Å²) in [6, 6.07) is 0. The van der Waals surface area contributed by atoms with Crippen molar-refractivity contribution in [3.05, 3.63) is 0 Å². The van der Waals surface area contributed by atoms with Gasteiger partial charge in [-0.2, -0.15) is 0 Å². The summed E-state index contributed by atoms with van der Waals surface area (Å²) in [7, 11) is -4.70. The van der Waals surface area contributed by atoms with Gasteiger partial charge in [-0.05, 0) is 32.1 Å². The predicted molar refractivity (Wildman–Crippen MR) is 146 cm³/mol. The fourth-order valence-corrected chi connectivity index (χ4v) is 5.78. The Hall–Kier alpha value is 0.0300. The van der Waals surface area contributed by atoms with E-state index in [2.05, 4.69) is 32.2 Å². The average Bonchev–Trinajstić information content (AvgIpc) is 3.50. The first-order valence-corrected chi connectivity index (χ1v) is 16.5. The van der Waals surface area contributed by atoms with Crippen LogP contribution in [0.4, 0.5) is 0 Å². The molecule has 0 bridgehead atoms. The van der Waals surface area contributed by atoms with E-state index in [1.54, 1.807) is 0 Å². The first-order valence-electron chi connectivity index (χ1n) is 15.1. The molecule has 0 amide bonds. The van der Waals surface area contributed by atoms with Crippen LogP contribution in [0.15, 0.2) is 0 Å². The first-order chi connectivity index (χ1) is 16.7. The number of likely N-dealkylation sites (tertiary alicyclic amines) is 2. The molecule has 0 aliphatic carbocycles. The van der Waals surface area contributed by atoms with E-state index in [-0.39, 0.29) is 6.61 Å². The van der Waals surface area contributed by atoms with Crippen LogP contribution in [-0.2, 0) is 9.09 Å². The maximum absolute atomic E-state index is 9.76. The Morgan fingerprint density at radius 3 is 1.09 bits per heavy atom. The molecule has 2 saturated heterocycles. The van der Waals surface area contributed by atoms with Gasteiger partial charge in [0, 0.05) is 25.7 Å². The Labute approximate surface area is 219 Å². The second kappa shape index (κ2) is 21.0. The molecule has 2 aliphatic heterocycles. The molecular weight excluding hydrogens is 459 g/mol. The fraction of sp³-hybridized carbons (Fsp3) is 1.00. The lowest BCUT2D eigenvalue weighted by Crippen LogP contribution is -2.46. The third kappa shape index (κ3) is 18.0. The van der Waals surface area contributed by atoms with Crippen molar-refractivity contribution < 1.29 is 27.8 Å². The summed E-state index contributed by atoms with van der Waals surface area (Å²) in [5, 5.41) is 0. The summed E-state index contributed by atoms with van der Waals surface area (Å²) < 4.78 is 16.6. The van der Waals surface area contributed by atoms with Gasteiger partial charge in [0.05, 0.1) is 66.8 Å². The molecule has 6 nitrogen and oxygen atoms in total. The number of quaternary nitrogens is 2. The quantitative estimate of drug-likeness (QED) is 0.142. The normalized spacial score (nSPS) is 18.5. The van der Waals surface area contributed by atoms with E-state index in [4.69, 9.17) is 0 Å².